The summed E-state index contributed by atoms with van der Waals surface area (Å²) >= 11 is 5.68. The average Bonchev–Trinajstić information content (AvgIpc) is 2.36. The minimum atomic E-state index is -3.77. The van der Waals surface area contributed by atoms with Gasteiger partial charge in [-0.05, 0) is 31.0 Å². The van der Waals surface area contributed by atoms with Crippen molar-refractivity contribution in [3.8, 4) is 5.75 Å². The molecular formula is C11H14ClF2NO4S. The van der Waals surface area contributed by atoms with Gasteiger partial charge in [0.1, 0.15) is 5.75 Å². The van der Waals surface area contributed by atoms with Gasteiger partial charge in [0, 0.05) is 13.2 Å². The minimum absolute atomic E-state index is 0.0206. The zero-order chi connectivity index (χ0) is 15.2. The molecule has 0 heterocycles. The summed E-state index contributed by atoms with van der Waals surface area (Å²) in [5, 5.41) is 8.36. The molecular weight excluding hydrogens is 316 g/mol. The molecule has 0 bridgehead atoms. The number of alkyl halides is 2. The molecule has 20 heavy (non-hydrogen) atoms. The van der Waals surface area contributed by atoms with Crippen LogP contribution in [0.1, 0.15) is 12.8 Å². The van der Waals surface area contributed by atoms with Crippen LogP contribution in [0, 0.1) is 0 Å². The van der Waals surface area contributed by atoms with Crippen LogP contribution in [0.4, 0.5) is 8.78 Å². The van der Waals surface area contributed by atoms with Crippen LogP contribution in [0.25, 0.3) is 0 Å². The maximum atomic E-state index is 12.0. The quantitative estimate of drug-likeness (QED) is 0.715. The van der Waals surface area contributed by atoms with Crippen LogP contribution in [0.15, 0.2) is 23.1 Å². The summed E-state index contributed by atoms with van der Waals surface area (Å²) in [7, 11) is -3.77. The number of unbranched alkanes of at least 4 members (excludes halogenated alkanes) is 1. The standard InChI is InChI=1S/C11H14ClF2NO4S/c12-9-7-8(3-4-10(9)19-11(13)14)20(17,18)15-5-1-2-6-16/h3-4,7,11,15-16H,1-2,5-6H2. The molecule has 0 saturated carbocycles. The Bertz CT molecular complexity index is 539. The first kappa shape index (κ1) is 17.1. The maximum absolute atomic E-state index is 12.0. The number of rotatable bonds is 8. The molecule has 0 aliphatic rings. The zero-order valence-electron chi connectivity index (χ0n) is 10.4. The monoisotopic (exact) mass is 329 g/mol. The summed E-state index contributed by atoms with van der Waals surface area (Å²) in [6.07, 6.45) is 0.959. The third-order valence-electron chi connectivity index (χ3n) is 2.31. The molecule has 5 nitrogen and oxygen atoms in total. The molecule has 0 unspecified atom stereocenters. The smallest absolute Gasteiger partial charge is 0.387 e. The number of aliphatic hydroxyl groups is 1. The highest BCUT2D eigenvalue weighted by molar-refractivity contribution is 7.89. The van der Waals surface area contributed by atoms with Crippen molar-refractivity contribution in [1.29, 1.82) is 0 Å². The predicted octanol–water partition coefficient (Wildman–Crippen LogP) is 1.99. The van der Waals surface area contributed by atoms with Crippen molar-refractivity contribution in [3.63, 3.8) is 0 Å². The van der Waals surface area contributed by atoms with Crippen molar-refractivity contribution in [3.05, 3.63) is 23.2 Å². The third kappa shape index (κ3) is 5.20. The number of nitrogens with one attached hydrogen (secondary N) is 1. The van der Waals surface area contributed by atoms with Crippen molar-refractivity contribution in [2.24, 2.45) is 0 Å². The van der Waals surface area contributed by atoms with Gasteiger partial charge in [0.15, 0.2) is 0 Å². The third-order valence-corrected chi connectivity index (χ3v) is 4.06. The first-order valence-electron chi connectivity index (χ1n) is 5.71. The number of sulfonamides is 1. The molecule has 0 aliphatic heterocycles. The van der Waals surface area contributed by atoms with Crippen molar-refractivity contribution in [2.45, 2.75) is 24.3 Å². The summed E-state index contributed by atoms with van der Waals surface area (Å²) in [5.41, 5.74) is 0. The second-order valence-electron chi connectivity index (χ2n) is 3.80. The van der Waals surface area contributed by atoms with Gasteiger partial charge in [0.05, 0.1) is 9.92 Å². The van der Waals surface area contributed by atoms with Crippen LogP contribution in [0.5, 0.6) is 5.75 Å². The minimum Gasteiger partial charge on any atom is -0.433 e. The summed E-state index contributed by atoms with van der Waals surface area (Å²) in [6.45, 7) is -2.89. The Balaban J connectivity index is 2.78. The maximum Gasteiger partial charge on any atom is 0.387 e. The molecule has 0 aromatic heterocycles. The lowest BCUT2D eigenvalue weighted by molar-refractivity contribution is -0.0498. The van der Waals surface area contributed by atoms with Crippen molar-refractivity contribution in [1.82, 2.24) is 4.72 Å². The Labute approximate surface area is 120 Å². The highest BCUT2D eigenvalue weighted by Crippen LogP contribution is 2.28. The average molecular weight is 330 g/mol. The summed E-state index contributed by atoms with van der Waals surface area (Å²) < 4.78 is 54.2. The molecule has 1 rings (SSSR count). The Morgan fingerprint density at radius 3 is 2.60 bits per heavy atom. The van der Waals surface area contributed by atoms with Gasteiger partial charge in [-0.2, -0.15) is 8.78 Å². The molecule has 0 aliphatic carbocycles. The Kier molecular flexibility index (Phi) is 6.60. The van der Waals surface area contributed by atoms with Crippen molar-refractivity contribution in [2.75, 3.05) is 13.2 Å². The summed E-state index contributed by atoms with van der Waals surface area (Å²) in [6, 6.07) is 3.22. The number of benzene rings is 1. The van der Waals surface area contributed by atoms with Gasteiger partial charge >= 0.3 is 6.61 Å². The number of hydrogen-bond acceptors (Lipinski definition) is 4. The molecule has 1 aromatic rings. The van der Waals surface area contributed by atoms with Gasteiger partial charge in [-0.15, -0.1) is 0 Å². The van der Waals surface area contributed by atoms with Crippen molar-refractivity contribution < 1.29 is 27.0 Å². The van der Waals surface area contributed by atoms with Crippen LogP contribution in [-0.2, 0) is 10.0 Å². The summed E-state index contributed by atoms with van der Waals surface area (Å²) in [5.74, 6) is -0.291. The topological polar surface area (TPSA) is 75.6 Å². The van der Waals surface area contributed by atoms with E-state index in [2.05, 4.69) is 9.46 Å². The van der Waals surface area contributed by atoms with Crippen molar-refractivity contribution >= 4 is 21.6 Å². The van der Waals surface area contributed by atoms with E-state index in [4.69, 9.17) is 16.7 Å². The fourth-order valence-corrected chi connectivity index (χ4v) is 2.76. The van der Waals surface area contributed by atoms with Gasteiger partial charge in [-0.25, -0.2) is 13.1 Å². The molecule has 1 aromatic carbocycles. The lowest BCUT2D eigenvalue weighted by Gasteiger charge is -2.10. The Morgan fingerprint density at radius 2 is 2.05 bits per heavy atom. The van der Waals surface area contributed by atoms with Crippen LogP contribution in [0.3, 0.4) is 0 Å². The molecule has 9 heteroatoms. The van der Waals surface area contributed by atoms with E-state index in [1.54, 1.807) is 0 Å². The van der Waals surface area contributed by atoms with Gasteiger partial charge in [-0.3, -0.25) is 0 Å². The highest BCUT2D eigenvalue weighted by atomic mass is 35.5. The predicted molar refractivity (Wildman–Crippen MR) is 69.6 cm³/mol. The van der Waals surface area contributed by atoms with Gasteiger partial charge in [0.25, 0.3) is 0 Å². The molecule has 0 saturated heterocycles. The fraction of sp³-hybridized carbons (Fsp3) is 0.455. The zero-order valence-corrected chi connectivity index (χ0v) is 11.9. The Morgan fingerprint density at radius 1 is 1.35 bits per heavy atom. The van der Waals surface area contributed by atoms with Crippen LogP contribution < -0.4 is 9.46 Å². The fourth-order valence-electron chi connectivity index (χ4n) is 1.37. The largest absolute Gasteiger partial charge is 0.433 e. The van der Waals surface area contributed by atoms with Crippen LogP contribution in [0.2, 0.25) is 5.02 Å². The number of ether oxygens (including phenoxy) is 1. The Hall–Kier alpha value is -0.960. The van der Waals surface area contributed by atoms with Gasteiger partial charge in [0.2, 0.25) is 10.0 Å². The first-order valence-corrected chi connectivity index (χ1v) is 7.58. The SMILES string of the molecule is O=S(=O)(NCCCCO)c1ccc(OC(F)F)c(Cl)c1. The number of hydrogen-bond donors (Lipinski definition) is 2. The van der Waals surface area contributed by atoms with E-state index in [-0.39, 0.29) is 28.8 Å². The number of aliphatic hydroxyl groups excluding tert-OH is 1. The number of halogens is 3. The molecule has 2 N–H and O–H groups in total. The molecule has 0 radical (unpaired) electrons. The van der Waals surface area contributed by atoms with E-state index >= 15 is 0 Å². The molecule has 0 fully saturated rings. The molecule has 0 amide bonds. The second kappa shape index (κ2) is 7.72. The lowest BCUT2D eigenvalue weighted by atomic mass is 10.3. The lowest BCUT2D eigenvalue weighted by Crippen LogP contribution is -2.25. The van der Waals surface area contributed by atoms with E-state index < -0.39 is 16.6 Å². The van der Waals surface area contributed by atoms with E-state index in [0.29, 0.717) is 12.8 Å². The van der Waals surface area contributed by atoms with Gasteiger partial charge < -0.3 is 9.84 Å². The first-order chi connectivity index (χ1) is 9.36. The van der Waals surface area contributed by atoms with Crippen LogP contribution >= 0.6 is 11.6 Å². The molecule has 0 spiro atoms. The second-order valence-corrected chi connectivity index (χ2v) is 5.97. The summed E-state index contributed by atoms with van der Waals surface area (Å²) in [4.78, 5) is -0.145. The van der Waals surface area contributed by atoms with E-state index in [1.807, 2.05) is 0 Å². The molecule has 0 atom stereocenters. The van der Waals surface area contributed by atoms with E-state index in [9.17, 15) is 17.2 Å². The normalized spacial score (nSPS) is 11.8. The van der Waals surface area contributed by atoms with E-state index in [1.165, 1.54) is 0 Å². The van der Waals surface area contributed by atoms with Gasteiger partial charge in [-0.1, -0.05) is 11.6 Å². The molecule has 114 valence electrons. The van der Waals surface area contributed by atoms with Crippen LogP contribution in [-0.4, -0.2) is 33.3 Å². The van der Waals surface area contributed by atoms with E-state index in [0.717, 1.165) is 18.2 Å². The highest BCUT2D eigenvalue weighted by Gasteiger charge is 2.16.